The molecule has 0 atom stereocenters. The van der Waals surface area contributed by atoms with Crippen molar-refractivity contribution in [2.24, 2.45) is 5.16 Å². The van der Waals surface area contributed by atoms with E-state index < -0.39 is 15.5 Å². The lowest BCUT2D eigenvalue weighted by molar-refractivity contribution is -0.0429. The van der Waals surface area contributed by atoms with Crippen LogP contribution in [0.15, 0.2) is 41.6 Å². The quantitative estimate of drug-likeness (QED) is 0.375. The molecular weight excluding hydrogens is 321 g/mol. The molecule has 9 heteroatoms. The number of allylic oxidation sites excluding steroid dienone is 1. The Labute approximate surface area is 126 Å². The van der Waals surface area contributed by atoms with Gasteiger partial charge in [-0.05, 0) is 26.0 Å². The molecule has 0 aliphatic carbocycles. The summed E-state index contributed by atoms with van der Waals surface area (Å²) in [6, 6.07) is 5.60. The van der Waals surface area contributed by atoms with Gasteiger partial charge in [0, 0.05) is 5.56 Å². The molecule has 0 saturated heterocycles. The van der Waals surface area contributed by atoms with E-state index in [1.807, 2.05) is 0 Å². The number of hydrogen-bond acceptors (Lipinski definition) is 4. The fourth-order valence-electron chi connectivity index (χ4n) is 1.41. The largest absolute Gasteiger partial charge is 0.516 e. The Bertz CT molecular complexity index is 667. The number of benzene rings is 1. The molecule has 1 aromatic carbocycles. The van der Waals surface area contributed by atoms with Crippen LogP contribution in [-0.4, -0.2) is 26.2 Å². The third kappa shape index (κ3) is 4.76. The number of nitrogens with zero attached hydrogens (tertiary/aromatic N) is 1. The monoisotopic (exact) mass is 336 g/mol. The van der Waals surface area contributed by atoms with Crippen LogP contribution in [0.3, 0.4) is 0 Å². The summed E-state index contributed by atoms with van der Waals surface area (Å²) in [5, 5.41) is 3.73. The topological polar surface area (TPSA) is 67.8 Å². The fraction of sp³-hybridized carbons (Fsp3) is 0.308. The number of alkyl halides is 3. The molecule has 0 spiro atoms. The molecule has 1 aromatic rings. The lowest BCUT2D eigenvalue weighted by Crippen LogP contribution is -2.30. The van der Waals surface area contributed by atoms with Crippen LogP contribution in [0.1, 0.15) is 19.4 Å². The molecular formula is C13H15F3N2O3S. The highest BCUT2D eigenvalue weighted by Crippen LogP contribution is 2.27. The SMILES string of the molecule is C/C=C/CO/N=C(\C)c1ccccc1NS(=O)(=O)C(F)(F)F. The summed E-state index contributed by atoms with van der Waals surface area (Å²) in [5.41, 5.74) is -5.19. The predicted molar refractivity (Wildman–Crippen MR) is 78.0 cm³/mol. The van der Waals surface area contributed by atoms with Gasteiger partial charge in [-0.2, -0.15) is 21.6 Å². The minimum absolute atomic E-state index is 0.191. The number of sulfonamides is 1. The Hall–Kier alpha value is -2.03. The van der Waals surface area contributed by atoms with Gasteiger partial charge >= 0.3 is 15.5 Å². The molecule has 1 N–H and O–H groups in total. The van der Waals surface area contributed by atoms with E-state index in [-0.39, 0.29) is 23.6 Å². The van der Waals surface area contributed by atoms with Crippen LogP contribution in [-0.2, 0) is 14.9 Å². The zero-order valence-electron chi connectivity index (χ0n) is 11.9. The molecule has 0 aliphatic heterocycles. The number of nitrogens with one attached hydrogen (secondary N) is 1. The van der Waals surface area contributed by atoms with Gasteiger partial charge in [-0.15, -0.1) is 0 Å². The second-order valence-electron chi connectivity index (χ2n) is 4.14. The van der Waals surface area contributed by atoms with Crippen LogP contribution in [0.5, 0.6) is 0 Å². The molecule has 0 amide bonds. The van der Waals surface area contributed by atoms with Crippen molar-refractivity contribution in [3.05, 3.63) is 42.0 Å². The van der Waals surface area contributed by atoms with E-state index in [0.29, 0.717) is 0 Å². The Balaban J connectivity index is 3.05. The maximum absolute atomic E-state index is 12.4. The normalized spacial score (nSPS) is 13.4. The summed E-state index contributed by atoms with van der Waals surface area (Å²) in [7, 11) is -5.49. The average molecular weight is 336 g/mol. The highest BCUT2D eigenvalue weighted by Gasteiger charge is 2.46. The molecule has 122 valence electrons. The molecule has 0 saturated carbocycles. The van der Waals surface area contributed by atoms with Gasteiger partial charge in [-0.1, -0.05) is 29.4 Å². The molecule has 0 unspecified atom stereocenters. The smallest absolute Gasteiger partial charge is 0.391 e. The van der Waals surface area contributed by atoms with Crippen molar-refractivity contribution in [1.29, 1.82) is 0 Å². The summed E-state index contributed by atoms with van der Waals surface area (Å²) in [5.74, 6) is 0. The lowest BCUT2D eigenvalue weighted by Gasteiger charge is -2.13. The third-order valence-corrected chi connectivity index (χ3v) is 3.57. The molecule has 5 nitrogen and oxygen atoms in total. The molecule has 0 radical (unpaired) electrons. The van der Waals surface area contributed by atoms with Crippen LogP contribution in [0, 0.1) is 0 Å². The van der Waals surface area contributed by atoms with E-state index in [4.69, 9.17) is 4.84 Å². The van der Waals surface area contributed by atoms with E-state index >= 15 is 0 Å². The standard InChI is InChI=1S/C13H15F3N2O3S/c1-3-4-9-21-17-10(2)11-7-5-6-8-12(11)18-22(19,20)13(14,15)16/h3-8,18H,9H2,1-2H3/b4-3+,17-10+. The second kappa shape index (κ2) is 7.30. The van der Waals surface area contributed by atoms with Gasteiger partial charge in [0.25, 0.3) is 0 Å². The molecule has 0 fully saturated rings. The van der Waals surface area contributed by atoms with Crippen LogP contribution >= 0.6 is 0 Å². The number of rotatable bonds is 6. The number of halogens is 3. The first-order valence-electron chi connectivity index (χ1n) is 6.15. The molecule has 0 bridgehead atoms. The second-order valence-corrected chi connectivity index (χ2v) is 5.81. The van der Waals surface area contributed by atoms with E-state index in [2.05, 4.69) is 5.16 Å². The van der Waals surface area contributed by atoms with Crippen LogP contribution in [0.4, 0.5) is 18.9 Å². The fourth-order valence-corrected chi connectivity index (χ4v) is 2.00. The van der Waals surface area contributed by atoms with Crippen LogP contribution in [0.25, 0.3) is 0 Å². The number of para-hydroxylation sites is 1. The van der Waals surface area contributed by atoms with Gasteiger partial charge in [0.2, 0.25) is 0 Å². The Morgan fingerprint density at radius 2 is 2.00 bits per heavy atom. The van der Waals surface area contributed by atoms with Gasteiger partial charge in [0.05, 0.1) is 11.4 Å². The Morgan fingerprint density at radius 3 is 2.59 bits per heavy atom. The van der Waals surface area contributed by atoms with Gasteiger partial charge in [-0.3, -0.25) is 4.72 Å². The summed E-state index contributed by atoms with van der Waals surface area (Å²) in [4.78, 5) is 4.94. The first kappa shape index (κ1) is 18.0. The zero-order valence-corrected chi connectivity index (χ0v) is 12.7. The van der Waals surface area contributed by atoms with E-state index in [9.17, 15) is 21.6 Å². The molecule has 22 heavy (non-hydrogen) atoms. The van der Waals surface area contributed by atoms with Crippen molar-refractivity contribution in [2.75, 3.05) is 11.3 Å². The molecule has 1 rings (SSSR count). The Kier molecular flexibility index (Phi) is 5.98. The van der Waals surface area contributed by atoms with Crippen molar-refractivity contribution < 1.29 is 26.4 Å². The van der Waals surface area contributed by atoms with Crippen LogP contribution < -0.4 is 4.72 Å². The zero-order chi connectivity index (χ0) is 16.8. The van der Waals surface area contributed by atoms with Gasteiger partial charge in [0.15, 0.2) is 0 Å². The number of oxime groups is 1. The van der Waals surface area contributed by atoms with Crippen molar-refractivity contribution >= 4 is 21.4 Å². The van der Waals surface area contributed by atoms with E-state index in [1.165, 1.54) is 29.8 Å². The lowest BCUT2D eigenvalue weighted by atomic mass is 10.1. The summed E-state index contributed by atoms with van der Waals surface area (Å²) < 4.78 is 61.1. The summed E-state index contributed by atoms with van der Waals surface area (Å²) >= 11 is 0. The first-order valence-corrected chi connectivity index (χ1v) is 7.63. The maximum Gasteiger partial charge on any atom is 0.516 e. The average Bonchev–Trinajstić information content (AvgIpc) is 2.42. The van der Waals surface area contributed by atoms with E-state index in [1.54, 1.807) is 25.1 Å². The van der Waals surface area contributed by atoms with Crippen molar-refractivity contribution in [3.63, 3.8) is 0 Å². The van der Waals surface area contributed by atoms with Crippen molar-refractivity contribution in [1.82, 2.24) is 0 Å². The molecule has 0 heterocycles. The van der Waals surface area contributed by atoms with Crippen LogP contribution in [0.2, 0.25) is 0 Å². The third-order valence-electron chi connectivity index (χ3n) is 2.47. The minimum atomic E-state index is -5.49. The summed E-state index contributed by atoms with van der Waals surface area (Å²) in [6.07, 6.45) is 3.44. The van der Waals surface area contributed by atoms with Gasteiger partial charge < -0.3 is 4.84 Å². The van der Waals surface area contributed by atoms with Gasteiger partial charge in [0.1, 0.15) is 6.61 Å². The van der Waals surface area contributed by atoms with Crippen molar-refractivity contribution in [2.45, 2.75) is 19.4 Å². The highest BCUT2D eigenvalue weighted by atomic mass is 32.2. The van der Waals surface area contributed by atoms with Crippen molar-refractivity contribution in [3.8, 4) is 0 Å². The predicted octanol–water partition coefficient (Wildman–Crippen LogP) is 3.26. The minimum Gasteiger partial charge on any atom is -0.391 e. The number of anilines is 1. The first-order chi connectivity index (χ1) is 10.2. The number of hydrogen-bond donors (Lipinski definition) is 1. The molecule has 0 aromatic heterocycles. The molecule has 0 aliphatic rings. The summed E-state index contributed by atoms with van der Waals surface area (Å²) in [6.45, 7) is 3.49. The Morgan fingerprint density at radius 1 is 1.36 bits per heavy atom. The van der Waals surface area contributed by atoms with E-state index in [0.717, 1.165) is 0 Å². The van der Waals surface area contributed by atoms with Gasteiger partial charge in [-0.25, -0.2) is 0 Å². The highest BCUT2D eigenvalue weighted by molar-refractivity contribution is 7.93. The maximum atomic E-state index is 12.4.